The van der Waals surface area contributed by atoms with Gasteiger partial charge in [-0.25, -0.2) is 9.97 Å². The van der Waals surface area contributed by atoms with Crippen LogP contribution >= 0.6 is 11.6 Å². The van der Waals surface area contributed by atoms with Crippen molar-refractivity contribution >= 4 is 29.2 Å². The van der Waals surface area contributed by atoms with E-state index >= 15 is 0 Å². The minimum atomic E-state index is -0.342. The topological polar surface area (TPSA) is 75.2 Å². The van der Waals surface area contributed by atoms with Crippen LogP contribution in [0.25, 0.3) is 0 Å². The van der Waals surface area contributed by atoms with Gasteiger partial charge in [0.05, 0.1) is 13.1 Å². The van der Waals surface area contributed by atoms with Crippen molar-refractivity contribution in [1.29, 1.82) is 0 Å². The van der Waals surface area contributed by atoms with Gasteiger partial charge in [-0.1, -0.05) is 0 Å². The quantitative estimate of drug-likeness (QED) is 0.548. The van der Waals surface area contributed by atoms with E-state index < -0.39 is 0 Å². The van der Waals surface area contributed by atoms with Gasteiger partial charge in [-0.3, -0.25) is 14.9 Å². The average molecular weight is 241 g/mol. The van der Waals surface area contributed by atoms with Crippen LogP contribution in [0, 0.1) is 6.92 Å². The highest BCUT2D eigenvalue weighted by molar-refractivity contribution is 6.28. The molecule has 1 aromatic rings. The van der Waals surface area contributed by atoms with E-state index in [-0.39, 0.29) is 30.2 Å². The molecule has 0 bridgehead atoms. The highest BCUT2D eigenvalue weighted by atomic mass is 35.5. The molecule has 0 saturated carbocycles. The van der Waals surface area contributed by atoms with Crippen LogP contribution in [0.2, 0.25) is 5.28 Å². The van der Waals surface area contributed by atoms with Crippen LogP contribution in [0.5, 0.6) is 0 Å². The summed E-state index contributed by atoms with van der Waals surface area (Å²) in [6.07, 6.45) is 1.56. The number of carbonyl (C=O) groups is 2. The number of hydrogen-bond acceptors (Lipinski definition) is 5. The van der Waals surface area contributed by atoms with Gasteiger partial charge in [-0.15, -0.1) is 0 Å². The van der Waals surface area contributed by atoms with Crippen molar-refractivity contribution in [3.63, 3.8) is 0 Å². The number of rotatable bonds is 1. The van der Waals surface area contributed by atoms with Crippen LogP contribution in [-0.2, 0) is 9.59 Å². The van der Waals surface area contributed by atoms with Gasteiger partial charge in [-0.2, -0.15) is 0 Å². The van der Waals surface area contributed by atoms with Crippen LogP contribution < -0.4 is 10.2 Å². The fraction of sp³-hybridized carbons (Fsp3) is 0.333. The van der Waals surface area contributed by atoms with Crippen LogP contribution in [0.1, 0.15) is 5.56 Å². The summed E-state index contributed by atoms with van der Waals surface area (Å²) in [5.41, 5.74) is 0.770. The lowest BCUT2D eigenvalue weighted by Gasteiger charge is -2.27. The fourth-order valence-corrected chi connectivity index (χ4v) is 1.65. The molecule has 0 radical (unpaired) electrons. The molecule has 2 heterocycles. The Morgan fingerprint density at radius 2 is 2.00 bits per heavy atom. The van der Waals surface area contributed by atoms with Crippen molar-refractivity contribution < 1.29 is 9.59 Å². The normalized spacial score (nSPS) is 16.2. The number of hydrogen-bond donors (Lipinski definition) is 1. The van der Waals surface area contributed by atoms with E-state index in [0.717, 1.165) is 5.56 Å². The maximum Gasteiger partial charge on any atom is 0.246 e. The molecule has 7 heteroatoms. The molecule has 0 aromatic carbocycles. The second-order valence-electron chi connectivity index (χ2n) is 3.47. The molecule has 0 unspecified atom stereocenters. The number of nitrogens with zero attached hydrogens (tertiary/aromatic N) is 3. The molecular formula is C9H9ClN4O2. The third-order valence-corrected chi connectivity index (χ3v) is 2.35. The van der Waals surface area contributed by atoms with Gasteiger partial charge < -0.3 is 4.90 Å². The summed E-state index contributed by atoms with van der Waals surface area (Å²) in [4.78, 5) is 31.8. The third kappa shape index (κ3) is 2.11. The number of imide groups is 1. The zero-order valence-electron chi connectivity index (χ0n) is 8.53. The molecule has 1 fully saturated rings. The molecule has 16 heavy (non-hydrogen) atoms. The molecule has 0 spiro atoms. The first-order valence-corrected chi connectivity index (χ1v) is 5.01. The predicted molar refractivity (Wildman–Crippen MR) is 57.1 cm³/mol. The molecule has 2 rings (SSSR count). The summed E-state index contributed by atoms with van der Waals surface area (Å²) < 4.78 is 0. The predicted octanol–water partition coefficient (Wildman–Crippen LogP) is -0.0988. The Kier molecular flexibility index (Phi) is 2.74. The number of carbonyl (C=O) groups excluding carboxylic acids is 2. The molecular weight excluding hydrogens is 232 g/mol. The number of nitrogens with one attached hydrogen (secondary N) is 1. The van der Waals surface area contributed by atoms with Gasteiger partial charge >= 0.3 is 0 Å². The molecule has 0 aliphatic carbocycles. The van der Waals surface area contributed by atoms with Crippen LogP contribution in [-0.4, -0.2) is 34.9 Å². The number of aromatic nitrogens is 2. The van der Waals surface area contributed by atoms with Crippen LogP contribution in [0.4, 0.5) is 5.82 Å². The van der Waals surface area contributed by atoms with E-state index in [1.807, 2.05) is 0 Å². The number of piperazine rings is 1. The number of aryl methyl sites for hydroxylation is 1. The van der Waals surface area contributed by atoms with Crippen LogP contribution in [0.15, 0.2) is 6.20 Å². The number of amides is 2. The van der Waals surface area contributed by atoms with E-state index in [4.69, 9.17) is 11.6 Å². The Bertz CT molecular complexity index is 447. The molecule has 1 aromatic heterocycles. The van der Waals surface area contributed by atoms with Crippen molar-refractivity contribution in [2.24, 2.45) is 0 Å². The molecule has 1 aliphatic rings. The van der Waals surface area contributed by atoms with Gasteiger partial charge in [0.15, 0.2) is 0 Å². The van der Waals surface area contributed by atoms with Gasteiger partial charge in [0, 0.05) is 11.8 Å². The Morgan fingerprint density at radius 3 is 2.62 bits per heavy atom. The SMILES string of the molecule is Cc1cnc(Cl)nc1N1CC(=O)NC(=O)C1. The Labute approximate surface area is 96.6 Å². The fourth-order valence-electron chi connectivity index (χ4n) is 1.52. The lowest BCUT2D eigenvalue weighted by atomic mass is 10.3. The van der Waals surface area contributed by atoms with Crippen molar-refractivity contribution in [3.05, 3.63) is 17.0 Å². The first-order valence-electron chi connectivity index (χ1n) is 4.63. The monoisotopic (exact) mass is 240 g/mol. The molecule has 1 saturated heterocycles. The highest BCUT2D eigenvalue weighted by Crippen LogP contribution is 2.18. The summed E-state index contributed by atoms with van der Waals surface area (Å²) >= 11 is 5.67. The van der Waals surface area contributed by atoms with Crippen molar-refractivity contribution in [2.45, 2.75) is 6.92 Å². The van der Waals surface area contributed by atoms with Gasteiger partial charge in [0.25, 0.3) is 0 Å². The third-order valence-electron chi connectivity index (χ3n) is 2.16. The summed E-state index contributed by atoms with van der Waals surface area (Å²) in [6, 6.07) is 0. The Morgan fingerprint density at radius 1 is 1.38 bits per heavy atom. The van der Waals surface area contributed by atoms with Gasteiger partial charge in [-0.05, 0) is 18.5 Å². The van der Waals surface area contributed by atoms with Crippen molar-refractivity contribution in [3.8, 4) is 0 Å². The minimum Gasteiger partial charge on any atom is -0.338 e. The maximum atomic E-state index is 11.2. The van der Waals surface area contributed by atoms with E-state index in [9.17, 15) is 9.59 Å². The van der Waals surface area contributed by atoms with Crippen molar-refractivity contribution in [2.75, 3.05) is 18.0 Å². The largest absolute Gasteiger partial charge is 0.338 e. The standard InChI is InChI=1S/C9H9ClN4O2/c1-5-2-11-9(10)13-8(5)14-3-6(15)12-7(16)4-14/h2H,3-4H2,1H3,(H,12,15,16). The second kappa shape index (κ2) is 4.05. The number of anilines is 1. The Hall–Kier alpha value is -1.69. The summed E-state index contributed by atoms with van der Waals surface area (Å²) in [5.74, 6) is -0.168. The van der Waals surface area contributed by atoms with Crippen molar-refractivity contribution in [1.82, 2.24) is 15.3 Å². The van der Waals surface area contributed by atoms with E-state index in [1.54, 1.807) is 18.0 Å². The van der Waals surface area contributed by atoms with E-state index in [1.165, 1.54) is 0 Å². The maximum absolute atomic E-state index is 11.2. The van der Waals surface area contributed by atoms with E-state index in [2.05, 4.69) is 15.3 Å². The minimum absolute atomic E-state index is 0.0963. The zero-order valence-corrected chi connectivity index (χ0v) is 9.28. The summed E-state index contributed by atoms with van der Waals surface area (Å²) in [7, 11) is 0. The number of halogens is 1. The molecule has 1 aliphatic heterocycles. The van der Waals surface area contributed by atoms with E-state index in [0.29, 0.717) is 5.82 Å². The average Bonchev–Trinajstić information content (AvgIpc) is 2.20. The smallest absolute Gasteiger partial charge is 0.246 e. The van der Waals surface area contributed by atoms with Crippen LogP contribution in [0.3, 0.4) is 0 Å². The lowest BCUT2D eigenvalue weighted by Crippen LogP contribution is -2.52. The highest BCUT2D eigenvalue weighted by Gasteiger charge is 2.24. The molecule has 84 valence electrons. The Balaban J connectivity index is 2.32. The second-order valence-corrected chi connectivity index (χ2v) is 3.81. The first kappa shape index (κ1) is 10.8. The summed E-state index contributed by atoms with van der Waals surface area (Å²) in [5, 5.41) is 2.31. The molecule has 0 atom stereocenters. The summed E-state index contributed by atoms with van der Waals surface area (Å²) in [6.45, 7) is 1.99. The zero-order chi connectivity index (χ0) is 11.7. The molecule has 6 nitrogen and oxygen atoms in total. The van der Waals surface area contributed by atoms with Gasteiger partial charge in [0.1, 0.15) is 5.82 Å². The first-order chi connectivity index (χ1) is 7.56. The van der Waals surface area contributed by atoms with Gasteiger partial charge in [0.2, 0.25) is 17.1 Å². The molecule has 1 N–H and O–H groups in total. The lowest BCUT2D eigenvalue weighted by molar-refractivity contribution is -0.130. The molecule has 2 amide bonds.